The molecule has 0 aliphatic carbocycles. The van der Waals surface area contributed by atoms with Gasteiger partial charge >= 0.3 is 11.9 Å². The zero-order valence-electron chi connectivity index (χ0n) is 17.6. The van der Waals surface area contributed by atoms with Gasteiger partial charge in [0.15, 0.2) is 0 Å². The van der Waals surface area contributed by atoms with Crippen LogP contribution in [0.2, 0.25) is 0 Å². The predicted octanol–water partition coefficient (Wildman–Crippen LogP) is -2.12. The number of nitrogens with zero attached hydrogens (tertiary/aromatic N) is 1. The summed E-state index contributed by atoms with van der Waals surface area (Å²) < 4.78 is 0. The summed E-state index contributed by atoms with van der Waals surface area (Å²) in [5.41, 5.74) is 6.48. The van der Waals surface area contributed by atoms with Crippen molar-refractivity contribution in [3.63, 3.8) is 0 Å². The third kappa shape index (κ3) is 8.55. The molecule has 32 heavy (non-hydrogen) atoms. The topological polar surface area (TPSA) is 217 Å². The quantitative estimate of drug-likeness (QED) is 0.147. The summed E-state index contributed by atoms with van der Waals surface area (Å²) in [6.45, 7) is 3.21. The van der Waals surface area contributed by atoms with Crippen LogP contribution in [-0.4, -0.2) is 79.8 Å². The first-order valence-electron chi connectivity index (χ1n) is 9.65. The lowest BCUT2D eigenvalue weighted by Crippen LogP contribution is -2.59. The summed E-state index contributed by atoms with van der Waals surface area (Å²) in [6, 6.07) is -4.95. The second-order valence-electron chi connectivity index (χ2n) is 7.36. The van der Waals surface area contributed by atoms with Crippen molar-refractivity contribution in [2.75, 3.05) is 5.75 Å². The molecule has 0 radical (unpaired) electrons. The molecule has 0 saturated carbocycles. The zero-order chi connectivity index (χ0) is 24.4. The molecule has 1 aromatic heterocycles. The van der Waals surface area contributed by atoms with E-state index in [1.807, 2.05) is 0 Å². The monoisotopic (exact) mass is 472 g/mol. The minimum atomic E-state index is -1.67. The maximum Gasteiger partial charge on any atom is 0.326 e. The summed E-state index contributed by atoms with van der Waals surface area (Å²) >= 11 is 4.06. The number of carbonyl (C=O) groups is 5. The Morgan fingerprint density at radius 1 is 1.06 bits per heavy atom. The zero-order valence-corrected chi connectivity index (χ0v) is 18.5. The van der Waals surface area contributed by atoms with Crippen molar-refractivity contribution in [2.24, 2.45) is 11.7 Å². The standard InChI is InChI=1S/C18H28N6O7S/c1-8(2)14(17(29)22-11(18(30)31)4-13(25)26)24-16(28)12(6-32)23-15(27)10(19)3-9-5-20-7-21-9/h5,7-8,10-12,14,32H,3-4,6,19H2,1-2H3,(H,20,21)(H,22,29)(H,23,27)(H,24,28)(H,25,26)(H,30,31). The number of carboxylic acids is 2. The van der Waals surface area contributed by atoms with Crippen LogP contribution in [0.1, 0.15) is 26.0 Å². The van der Waals surface area contributed by atoms with E-state index in [9.17, 15) is 24.0 Å². The highest BCUT2D eigenvalue weighted by atomic mass is 32.1. The summed E-state index contributed by atoms with van der Waals surface area (Å²) in [7, 11) is 0. The van der Waals surface area contributed by atoms with E-state index < -0.39 is 66.2 Å². The van der Waals surface area contributed by atoms with Crippen molar-refractivity contribution in [3.05, 3.63) is 18.2 Å². The van der Waals surface area contributed by atoms with Gasteiger partial charge in [-0.3, -0.25) is 19.2 Å². The fourth-order valence-electron chi connectivity index (χ4n) is 2.62. The van der Waals surface area contributed by atoms with Gasteiger partial charge in [0.25, 0.3) is 0 Å². The number of carbonyl (C=O) groups excluding carboxylic acids is 3. The molecule has 3 amide bonds. The van der Waals surface area contributed by atoms with E-state index in [4.69, 9.17) is 15.9 Å². The Hall–Kier alpha value is -3.13. The van der Waals surface area contributed by atoms with Crippen molar-refractivity contribution in [1.29, 1.82) is 0 Å². The number of nitrogens with one attached hydrogen (secondary N) is 4. The molecule has 178 valence electrons. The van der Waals surface area contributed by atoms with Crippen LogP contribution in [0.5, 0.6) is 0 Å². The van der Waals surface area contributed by atoms with Gasteiger partial charge in [-0.25, -0.2) is 9.78 Å². The van der Waals surface area contributed by atoms with Crippen molar-refractivity contribution < 1.29 is 34.2 Å². The average molecular weight is 473 g/mol. The molecule has 0 aromatic carbocycles. The minimum Gasteiger partial charge on any atom is -0.481 e. The number of thiol groups is 1. The number of carboxylic acid groups (broad SMARTS) is 2. The van der Waals surface area contributed by atoms with Gasteiger partial charge in [-0.1, -0.05) is 13.8 Å². The highest BCUT2D eigenvalue weighted by molar-refractivity contribution is 7.80. The molecule has 4 unspecified atom stereocenters. The van der Waals surface area contributed by atoms with Crippen molar-refractivity contribution >= 4 is 42.3 Å². The number of amides is 3. The van der Waals surface area contributed by atoms with Crippen LogP contribution in [0.15, 0.2) is 12.5 Å². The lowest BCUT2D eigenvalue weighted by molar-refractivity contribution is -0.147. The van der Waals surface area contributed by atoms with Crippen LogP contribution in [-0.2, 0) is 30.4 Å². The number of aromatic amines is 1. The average Bonchev–Trinajstić information content (AvgIpc) is 3.21. The number of hydrogen-bond acceptors (Lipinski definition) is 8. The summed E-state index contributed by atoms with van der Waals surface area (Å²) in [5.74, 6) is -5.74. The van der Waals surface area contributed by atoms with Crippen LogP contribution >= 0.6 is 12.6 Å². The molecular formula is C18H28N6O7S. The minimum absolute atomic E-state index is 0.0997. The molecular weight excluding hydrogens is 444 g/mol. The first-order valence-corrected chi connectivity index (χ1v) is 10.3. The maximum absolute atomic E-state index is 12.6. The van der Waals surface area contributed by atoms with E-state index in [1.165, 1.54) is 12.5 Å². The number of hydrogen-bond donors (Lipinski definition) is 8. The van der Waals surface area contributed by atoms with Gasteiger partial charge in [0.2, 0.25) is 17.7 Å². The Kier molecular flexibility index (Phi) is 10.6. The normalized spacial score (nSPS) is 14.7. The van der Waals surface area contributed by atoms with E-state index in [2.05, 4.69) is 38.5 Å². The van der Waals surface area contributed by atoms with Crippen molar-refractivity contribution in [1.82, 2.24) is 25.9 Å². The van der Waals surface area contributed by atoms with Crippen LogP contribution in [0.4, 0.5) is 0 Å². The summed E-state index contributed by atoms with van der Waals surface area (Å²) in [5, 5.41) is 24.9. The third-order valence-electron chi connectivity index (χ3n) is 4.39. The highest BCUT2D eigenvalue weighted by Gasteiger charge is 2.32. The number of aliphatic carboxylic acids is 2. The van der Waals surface area contributed by atoms with Gasteiger partial charge < -0.3 is 36.9 Å². The lowest BCUT2D eigenvalue weighted by Gasteiger charge is -2.26. The van der Waals surface area contributed by atoms with E-state index >= 15 is 0 Å². The van der Waals surface area contributed by atoms with Crippen LogP contribution in [0.25, 0.3) is 0 Å². The number of aromatic nitrogens is 2. The predicted molar refractivity (Wildman–Crippen MR) is 115 cm³/mol. The first kappa shape index (κ1) is 26.9. The van der Waals surface area contributed by atoms with Crippen LogP contribution in [0.3, 0.4) is 0 Å². The molecule has 0 fully saturated rings. The molecule has 13 nitrogen and oxygen atoms in total. The van der Waals surface area contributed by atoms with Crippen LogP contribution in [0, 0.1) is 5.92 Å². The van der Waals surface area contributed by atoms with Gasteiger partial charge in [0.1, 0.15) is 18.1 Å². The Morgan fingerprint density at radius 3 is 2.16 bits per heavy atom. The molecule has 8 N–H and O–H groups in total. The highest BCUT2D eigenvalue weighted by Crippen LogP contribution is 2.05. The van der Waals surface area contributed by atoms with E-state index in [0.717, 1.165) is 0 Å². The molecule has 14 heteroatoms. The van der Waals surface area contributed by atoms with Gasteiger partial charge in [0, 0.05) is 24.1 Å². The van der Waals surface area contributed by atoms with Gasteiger partial charge in [-0.15, -0.1) is 0 Å². The molecule has 0 saturated heterocycles. The number of imidazole rings is 1. The Bertz CT molecular complexity index is 817. The molecule has 0 spiro atoms. The molecule has 0 bridgehead atoms. The summed E-state index contributed by atoms with van der Waals surface area (Å²) in [4.78, 5) is 66.1. The van der Waals surface area contributed by atoms with Crippen LogP contribution < -0.4 is 21.7 Å². The van der Waals surface area contributed by atoms with Gasteiger partial charge in [-0.05, 0) is 5.92 Å². The fraction of sp³-hybridized carbons (Fsp3) is 0.556. The van der Waals surface area contributed by atoms with Crippen molar-refractivity contribution in [3.8, 4) is 0 Å². The number of nitrogens with two attached hydrogens (primary N) is 1. The Morgan fingerprint density at radius 2 is 1.69 bits per heavy atom. The largest absolute Gasteiger partial charge is 0.481 e. The van der Waals surface area contributed by atoms with Gasteiger partial charge in [0.05, 0.1) is 18.8 Å². The smallest absolute Gasteiger partial charge is 0.326 e. The lowest BCUT2D eigenvalue weighted by atomic mass is 10.0. The number of H-pyrrole nitrogens is 1. The van der Waals surface area contributed by atoms with E-state index in [-0.39, 0.29) is 12.2 Å². The first-order chi connectivity index (χ1) is 15.0. The van der Waals surface area contributed by atoms with E-state index in [0.29, 0.717) is 5.69 Å². The number of rotatable bonds is 13. The van der Waals surface area contributed by atoms with E-state index in [1.54, 1.807) is 13.8 Å². The molecule has 4 atom stereocenters. The molecule has 1 rings (SSSR count). The second kappa shape index (κ2) is 12.7. The molecule has 0 aliphatic rings. The Labute approximate surface area is 189 Å². The Balaban J connectivity index is 2.78. The maximum atomic E-state index is 12.6. The summed E-state index contributed by atoms with van der Waals surface area (Å²) in [6.07, 6.45) is 2.27. The molecule has 1 heterocycles. The SMILES string of the molecule is CC(C)C(NC(=O)C(CS)NC(=O)C(N)Cc1cnc[nH]1)C(=O)NC(CC(=O)O)C(=O)O. The second-order valence-corrected chi connectivity index (χ2v) is 7.72. The third-order valence-corrected chi connectivity index (χ3v) is 4.75. The molecule has 1 aromatic rings. The molecule has 0 aliphatic heterocycles. The fourth-order valence-corrected chi connectivity index (χ4v) is 2.88. The van der Waals surface area contributed by atoms with Crippen molar-refractivity contribution in [2.45, 2.75) is 50.9 Å². The van der Waals surface area contributed by atoms with Gasteiger partial charge in [-0.2, -0.15) is 12.6 Å².